The molecule has 27 heavy (non-hydrogen) atoms. The number of nitrogens with zero attached hydrogens (tertiary/aromatic N) is 5. The molecule has 0 aliphatic carbocycles. The van der Waals surface area contributed by atoms with Gasteiger partial charge in [0, 0.05) is 17.5 Å². The summed E-state index contributed by atoms with van der Waals surface area (Å²) < 4.78 is 2.07. The SMILES string of the molecule is CCCCCn1c(Sc2ccc(C#N)c([N+](=O)[O-])c2)nnc1-c1cccs1. The first-order valence-electron chi connectivity index (χ1n) is 8.47. The van der Waals surface area contributed by atoms with E-state index in [2.05, 4.69) is 21.7 Å². The predicted molar refractivity (Wildman–Crippen MR) is 105 cm³/mol. The number of unbranched alkanes of at least 4 members (excludes halogenated alkanes) is 2. The summed E-state index contributed by atoms with van der Waals surface area (Å²) in [6, 6.07) is 10.4. The molecule has 2 aromatic heterocycles. The van der Waals surface area contributed by atoms with E-state index in [1.807, 2.05) is 23.6 Å². The molecule has 0 bridgehead atoms. The smallest absolute Gasteiger partial charge is 0.288 e. The topological polar surface area (TPSA) is 97.6 Å². The number of thiophene rings is 1. The van der Waals surface area contributed by atoms with Gasteiger partial charge in [-0.2, -0.15) is 5.26 Å². The van der Waals surface area contributed by atoms with Gasteiger partial charge < -0.3 is 4.57 Å². The Hall–Kier alpha value is -2.70. The number of benzene rings is 1. The van der Waals surface area contributed by atoms with Crippen molar-refractivity contribution in [2.24, 2.45) is 0 Å². The molecule has 0 spiro atoms. The predicted octanol–water partition coefficient (Wildman–Crippen LogP) is 5.13. The lowest BCUT2D eigenvalue weighted by Gasteiger charge is -2.09. The molecule has 0 saturated carbocycles. The van der Waals surface area contributed by atoms with E-state index in [1.54, 1.807) is 17.4 Å². The fourth-order valence-corrected chi connectivity index (χ4v) is 4.20. The van der Waals surface area contributed by atoms with Crippen molar-refractivity contribution in [3.05, 3.63) is 51.4 Å². The monoisotopic (exact) mass is 399 g/mol. The second kappa shape index (κ2) is 8.79. The van der Waals surface area contributed by atoms with E-state index in [4.69, 9.17) is 5.26 Å². The van der Waals surface area contributed by atoms with Crippen LogP contribution in [0.15, 0.2) is 45.8 Å². The summed E-state index contributed by atoms with van der Waals surface area (Å²) in [5.41, 5.74) is -0.147. The van der Waals surface area contributed by atoms with Crippen LogP contribution in [-0.4, -0.2) is 19.7 Å². The lowest BCUT2D eigenvalue weighted by molar-refractivity contribution is -0.385. The molecule has 0 saturated heterocycles. The first-order valence-corrected chi connectivity index (χ1v) is 10.2. The second-order valence-corrected chi connectivity index (χ2v) is 7.78. The van der Waals surface area contributed by atoms with Gasteiger partial charge in [0.15, 0.2) is 11.0 Å². The Labute approximate surface area is 164 Å². The van der Waals surface area contributed by atoms with E-state index in [1.165, 1.54) is 23.9 Å². The van der Waals surface area contributed by atoms with Crippen molar-refractivity contribution in [3.8, 4) is 16.8 Å². The maximum atomic E-state index is 11.2. The number of nitro benzene ring substituents is 1. The standard InChI is InChI=1S/C18H17N5O2S2/c1-2-3-4-9-22-17(16-6-5-10-26-16)20-21-18(22)27-14-8-7-13(12-19)15(11-14)23(24)25/h5-8,10-11H,2-4,9H2,1H3. The zero-order valence-electron chi connectivity index (χ0n) is 14.7. The highest BCUT2D eigenvalue weighted by Gasteiger charge is 2.19. The Morgan fingerprint density at radius 3 is 2.85 bits per heavy atom. The molecule has 0 radical (unpaired) electrons. The van der Waals surface area contributed by atoms with Crippen molar-refractivity contribution in [3.63, 3.8) is 0 Å². The lowest BCUT2D eigenvalue weighted by Crippen LogP contribution is -2.02. The molecule has 0 unspecified atom stereocenters. The van der Waals surface area contributed by atoms with Crippen molar-refractivity contribution in [2.75, 3.05) is 0 Å². The van der Waals surface area contributed by atoms with Gasteiger partial charge >= 0.3 is 0 Å². The number of hydrogen-bond acceptors (Lipinski definition) is 7. The van der Waals surface area contributed by atoms with E-state index in [9.17, 15) is 10.1 Å². The third-order valence-electron chi connectivity index (χ3n) is 3.94. The first kappa shape index (κ1) is 19.1. The van der Waals surface area contributed by atoms with Gasteiger partial charge in [0.25, 0.3) is 5.69 Å². The van der Waals surface area contributed by atoms with Crippen LogP contribution >= 0.6 is 23.1 Å². The summed E-state index contributed by atoms with van der Waals surface area (Å²) in [6.45, 7) is 2.94. The largest absolute Gasteiger partial charge is 0.301 e. The summed E-state index contributed by atoms with van der Waals surface area (Å²) in [7, 11) is 0. The van der Waals surface area contributed by atoms with Crippen LogP contribution in [0.1, 0.15) is 31.7 Å². The summed E-state index contributed by atoms with van der Waals surface area (Å²) in [5.74, 6) is 0.812. The summed E-state index contributed by atoms with van der Waals surface area (Å²) >= 11 is 2.92. The number of rotatable bonds is 8. The van der Waals surface area contributed by atoms with Crippen LogP contribution in [0.2, 0.25) is 0 Å². The maximum Gasteiger partial charge on any atom is 0.288 e. The third-order valence-corrected chi connectivity index (χ3v) is 5.78. The van der Waals surface area contributed by atoms with E-state index in [0.29, 0.717) is 10.1 Å². The van der Waals surface area contributed by atoms with Gasteiger partial charge in [0.2, 0.25) is 0 Å². The zero-order chi connectivity index (χ0) is 19.2. The highest BCUT2D eigenvalue weighted by Crippen LogP contribution is 2.34. The second-order valence-electron chi connectivity index (χ2n) is 5.79. The summed E-state index contributed by atoms with van der Waals surface area (Å²) in [6.07, 6.45) is 3.23. The quantitative estimate of drug-likeness (QED) is 0.296. The molecule has 3 aromatic rings. The Bertz CT molecular complexity index is 976. The molecule has 9 heteroatoms. The average molecular weight is 400 g/mol. The number of nitro groups is 1. The minimum atomic E-state index is -0.536. The van der Waals surface area contributed by atoms with Gasteiger partial charge in [0.1, 0.15) is 11.6 Å². The van der Waals surface area contributed by atoms with Crippen LogP contribution in [0.4, 0.5) is 5.69 Å². The molecule has 7 nitrogen and oxygen atoms in total. The van der Waals surface area contributed by atoms with Gasteiger partial charge in [-0.15, -0.1) is 21.5 Å². The molecule has 0 N–H and O–H groups in total. The molecule has 1 aromatic carbocycles. The van der Waals surface area contributed by atoms with Crippen molar-refractivity contribution in [1.82, 2.24) is 14.8 Å². The fraction of sp³-hybridized carbons (Fsp3) is 0.278. The fourth-order valence-electron chi connectivity index (χ4n) is 2.60. The molecular formula is C18H17N5O2S2. The van der Waals surface area contributed by atoms with Crippen LogP contribution in [0, 0.1) is 21.4 Å². The Balaban J connectivity index is 1.94. The molecule has 3 rings (SSSR count). The molecular weight excluding hydrogens is 382 g/mol. The highest BCUT2D eigenvalue weighted by atomic mass is 32.2. The summed E-state index contributed by atoms with van der Waals surface area (Å²) in [5, 5.41) is 31.6. The Kier molecular flexibility index (Phi) is 6.21. The Morgan fingerprint density at radius 2 is 2.19 bits per heavy atom. The maximum absolute atomic E-state index is 11.2. The number of hydrogen-bond donors (Lipinski definition) is 0. The van der Waals surface area contributed by atoms with Gasteiger partial charge in [-0.3, -0.25) is 10.1 Å². The number of aromatic nitrogens is 3. The molecule has 0 atom stereocenters. The zero-order valence-corrected chi connectivity index (χ0v) is 16.3. The van der Waals surface area contributed by atoms with Crippen molar-refractivity contribution >= 4 is 28.8 Å². The molecule has 0 aliphatic heterocycles. The molecule has 0 fully saturated rings. The third kappa shape index (κ3) is 4.35. The highest BCUT2D eigenvalue weighted by molar-refractivity contribution is 7.99. The van der Waals surface area contributed by atoms with Crippen LogP contribution in [0.3, 0.4) is 0 Å². The van der Waals surface area contributed by atoms with Crippen LogP contribution in [0.25, 0.3) is 10.7 Å². The van der Waals surface area contributed by atoms with Crippen LogP contribution < -0.4 is 0 Å². The van der Waals surface area contributed by atoms with Crippen molar-refractivity contribution in [1.29, 1.82) is 5.26 Å². The van der Waals surface area contributed by atoms with Gasteiger partial charge in [-0.05, 0) is 41.8 Å². The number of nitriles is 1. The van der Waals surface area contributed by atoms with Crippen molar-refractivity contribution in [2.45, 2.75) is 42.8 Å². The van der Waals surface area contributed by atoms with E-state index >= 15 is 0 Å². The summed E-state index contributed by atoms with van der Waals surface area (Å²) in [4.78, 5) is 12.4. The lowest BCUT2D eigenvalue weighted by atomic mass is 10.2. The molecule has 138 valence electrons. The van der Waals surface area contributed by atoms with Crippen LogP contribution in [-0.2, 0) is 6.54 Å². The van der Waals surface area contributed by atoms with Gasteiger partial charge in [0.05, 0.1) is 9.80 Å². The molecule has 2 heterocycles. The molecule has 0 amide bonds. The molecule has 0 aliphatic rings. The van der Waals surface area contributed by atoms with E-state index in [0.717, 1.165) is 36.5 Å². The van der Waals surface area contributed by atoms with Gasteiger partial charge in [-0.25, -0.2) is 0 Å². The van der Waals surface area contributed by atoms with Crippen molar-refractivity contribution < 1.29 is 4.92 Å². The Morgan fingerprint density at radius 1 is 1.33 bits per heavy atom. The minimum Gasteiger partial charge on any atom is -0.301 e. The average Bonchev–Trinajstić information content (AvgIpc) is 3.32. The van der Waals surface area contributed by atoms with Crippen LogP contribution in [0.5, 0.6) is 0 Å². The van der Waals surface area contributed by atoms with E-state index < -0.39 is 4.92 Å². The van der Waals surface area contributed by atoms with Gasteiger partial charge in [-0.1, -0.05) is 25.8 Å². The normalized spacial score (nSPS) is 10.7. The first-order chi connectivity index (χ1) is 13.1. The minimum absolute atomic E-state index is 0.0491. The van der Waals surface area contributed by atoms with E-state index in [-0.39, 0.29) is 11.3 Å².